The zero-order valence-corrected chi connectivity index (χ0v) is 12.7. The zero-order chi connectivity index (χ0) is 15.4. The second kappa shape index (κ2) is 6.41. The molecule has 0 bridgehead atoms. The molecule has 6 nitrogen and oxygen atoms in total. The average Bonchev–Trinajstić information content (AvgIpc) is 2.94. The summed E-state index contributed by atoms with van der Waals surface area (Å²) in [6.45, 7) is 1.49. The largest absolute Gasteiger partial charge is 0.399 e. The fourth-order valence-corrected chi connectivity index (χ4v) is 1.86. The number of likely N-dealkylation sites (N-methyl/N-ethyl adjacent to an activating group) is 2. The number of amides is 1. The van der Waals surface area contributed by atoms with Crippen LogP contribution in [0.3, 0.4) is 0 Å². The Morgan fingerprint density at radius 1 is 1.14 bits per heavy atom. The first-order chi connectivity index (χ1) is 9.97. The molecule has 2 rings (SSSR count). The van der Waals surface area contributed by atoms with E-state index in [1.54, 1.807) is 28.9 Å². The fraction of sp³-hybridized carbons (Fsp3) is 0.333. The first-order valence-corrected chi connectivity index (χ1v) is 6.79. The van der Waals surface area contributed by atoms with E-state index in [9.17, 15) is 4.79 Å². The van der Waals surface area contributed by atoms with E-state index < -0.39 is 0 Å². The minimum atomic E-state index is -0.0777. The monoisotopic (exact) mass is 287 g/mol. The van der Waals surface area contributed by atoms with Gasteiger partial charge in [0.2, 0.25) is 0 Å². The molecule has 0 aliphatic rings. The van der Waals surface area contributed by atoms with Crippen LogP contribution in [0.4, 0.5) is 5.69 Å². The lowest BCUT2D eigenvalue weighted by Crippen LogP contribution is -2.33. The topological polar surface area (TPSA) is 67.4 Å². The average molecular weight is 287 g/mol. The zero-order valence-electron chi connectivity index (χ0n) is 12.7. The maximum absolute atomic E-state index is 12.3. The Labute approximate surface area is 124 Å². The first kappa shape index (κ1) is 15.1. The summed E-state index contributed by atoms with van der Waals surface area (Å²) in [4.78, 5) is 16.0. The van der Waals surface area contributed by atoms with Gasteiger partial charge in [-0.15, -0.1) is 0 Å². The summed E-state index contributed by atoms with van der Waals surface area (Å²) in [5.74, 6) is -0.0777. The minimum Gasteiger partial charge on any atom is -0.399 e. The molecule has 6 heteroatoms. The molecule has 2 aromatic rings. The number of carbonyl (C=O) groups excluding carboxylic acids is 1. The number of hydrogen-bond acceptors (Lipinski definition) is 4. The highest BCUT2D eigenvalue weighted by atomic mass is 16.2. The Morgan fingerprint density at radius 3 is 2.43 bits per heavy atom. The van der Waals surface area contributed by atoms with Crippen LogP contribution in [0.15, 0.2) is 36.5 Å². The SMILES string of the molecule is CN(C)CCN(C)C(=O)c1ccn(-c2ccc(N)cc2)n1. The van der Waals surface area contributed by atoms with Gasteiger partial charge in [0.15, 0.2) is 5.69 Å². The van der Waals surface area contributed by atoms with Crippen molar-refractivity contribution >= 4 is 11.6 Å². The third-order valence-electron chi connectivity index (χ3n) is 3.20. The maximum Gasteiger partial charge on any atom is 0.274 e. The standard InChI is InChI=1S/C15H21N5O/c1-18(2)10-11-19(3)15(21)14-8-9-20(17-14)13-6-4-12(16)5-7-13/h4-9H,10-11,16H2,1-3H3. The lowest BCUT2D eigenvalue weighted by molar-refractivity contribution is 0.0780. The van der Waals surface area contributed by atoms with Gasteiger partial charge in [-0.1, -0.05) is 0 Å². The van der Waals surface area contributed by atoms with Gasteiger partial charge in [0.05, 0.1) is 5.69 Å². The van der Waals surface area contributed by atoms with Crippen molar-refractivity contribution in [2.24, 2.45) is 0 Å². The summed E-state index contributed by atoms with van der Waals surface area (Å²) in [6, 6.07) is 9.08. The van der Waals surface area contributed by atoms with Gasteiger partial charge in [0.1, 0.15) is 0 Å². The summed E-state index contributed by atoms with van der Waals surface area (Å²) in [5.41, 5.74) is 7.67. The van der Waals surface area contributed by atoms with Gasteiger partial charge >= 0.3 is 0 Å². The molecule has 2 N–H and O–H groups in total. The van der Waals surface area contributed by atoms with Crippen molar-refractivity contribution in [2.45, 2.75) is 0 Å². The van der Waals surface area contributed by atoms with E-state index in [-0.39, 0.29) is 5.91 Å². The number of nitrogens with zero attached hydrogens (tertiary/aromatic N) is 4. The molecule has 1 aromatic carbocycles. The Bertz CT molecular complexity index is 603. The van der Waals surface area contributed by atoms with Crippen molar-refractivity contribution in [3.05, 3.63) is 42.2 Å². The van der Waals surface area contributed by atoms with Gasteiger partial charge in [0, 0.05) is 32.0 Å². The van der Waals surface area contributed by atoms with Crippen LogP contribution >= 0.6 is 0 Å². The van der Waals surface area contributed by atoms with Crippen LogP contribution in [0.5, 0.6) is 0 Å². The lowest BCUT2D eigenvalue weighted by Gasteiger charge is -2.18. The molecule has 0 atom stereocenters. The van der Waals surface area contributed by atoms with Crippen LogP contribution < -0.4 is 5.73 Å². The number of rotatable bonds is 5. The molecule has 1 aromatic heterocycles. The van der Waals surface area contributed by atoms with E-state index in [4.69, 9.17) is 5.73 Å². The van der Waals surface area contributed by atoms with Crippen molar-refractivity contribution < 1.29 is 4.79 Å². The third-order valence-corrected chi connectivity index (χ3v) is 3.20. The molecule has 1 heterocycles. The summed E-state index contributed by atoms with van der Waals surface area (Å²) in [5, 5.41) is 4.33. The second-order valence-electron chi connectivity index (χ2n) is 5.27. The van der Waals surface area contributed by atoms with Crippen molar-refractivity contribution in [2.75, 3.05) is 40.0 Å². The highest BCUT2D eigenvalue weighted by Crippen LogP contribution is 2.11. The Balaban J connectivity index is 2.08. The first-order valence-electron chi connectivity index (χ1n) is 6.79. The molecule has 0 spiro atoms. The highest BCUT2D eigenvalue weighted by molar-refractivity contribution is 5.92. The molecular weight excluding hydrogens is 266 g/mol. The van der Waals surface area contributed by atoms with Gasteiger partial charge in [-0.2, -0.15) is 5.10 Å². The normalized spacial score (nSPS) is 10.9. The van der Waals surface area contributed by atoms with Gasteiger partial charge in [-0.25, -0.2) is 4.68 Å². The quantitative estimate of drug-likeness (QED) is 0.836. The van der Waals surface area contributed by atoms with Crippen LogP contribution in [0.1, 0.15) is 10.5 Å². The second-order valence-corrected chi connectivity index (χ2v) is 5.27. The summed E-state index contributed by atoms with van der Waals surface area (Å²) in [6.07, 6.45) is 1.78. The number of hydrogen-bond donors (Lipinski definition) is 1. The van der Waals surface area contributed by atoms with Crippen LogP contribution in [0, 0.1) is 0 Å². The van der Waals surface area contributed by atoms with E-state index in [2.05, 4.69) is 5.10 Å². The van der Waals surface area contributed by atoms with Crippen LogP contribution in [-0.4, -0.2) is 59.7 Å². The van der Waals surface area contributed by atoms with Gasteiger partial charge in [-0.05, 0) is 44.4 Å². The number of anilines is 1. The Morgan fingerprint density at radius 2 is 1.81 bits per heavy atom. The molecule has 0 aliphatic carbocycles. The number of aromatic nitrogens is 2. The van der Waals surface area contributed by atoms with Gasteiger partial charge in [-0.3, -0.25) is 4.79 Å². The lowest BCUT2D eigenvalue weighted by atomic mass is 10.3. The van der Waals surface area contributed by atoms with Gasteiger partial charge < -0.3 is 15.5 Å². The summed E-state index contributed by atoms with van der Waals surface area (Å²) in [7, 11) is 5.75. The Kier molecular flexibility index (Phi) is 4.59. The number of nitrogens with two attached hydrogens (primary N) is 1. The summed E-state index contributed by atoms with van der Waals surface area (Å²) < 4.78 is 1.67. The van der Waals surface area contributed by atoms with Crippen LogP contribution in [0.25, 0.3) is 5.69 Å². The third kappa shape index (κ3) is 3.82. The predicted octanol–water partition coefficient (Wildman–Crippen LogP) is 1.09. The number of benzene rings is 1. The van der Waals surface area contributed by atoms with E-state index in [0.717, 1.165) is 12.2 Å². The van der Waals surface area contributed by atoms with Crippen molar-refractivity contribution in [1.82, 2.24) is 19.6 Å². The number of nitrogen functional groups attached to an aromatic ring is 1. The Hall–Kier alpha value is -2.34. The number of carbonyl (C=O) groups is 1. The molecule has 0 saturated heterocycles. The minimum absolute atomic E-state index is 0.0777. The van der Waals surface area contributed by atoms with Gasteiger partial charge in [0.25, 0.3) is 5.91 Å². The molecule has 1 amide bonds. The summed E-state index contributed by atoms with van der Waals surface area (Å²) >= 11 is 0. The molecular formula is C15H21N5O. The molecule has 21 heavy (non-hydrogen) atoms. The molecule has 0 fully saturated rings. The van der Waals surface area contributed by atoms with E-state index in [1.807, 2.05) is 43.3 Å². The van der Waals surface area contributed by atoms with Crippen LogP contribution in [0.2, 0.25) is 0 Å². The van der Waals surface area contributed by atoms with Crippen molar-refractivity contribution in [3.8, 4) is 5.69 Å². The molecule has 0 radical (unpaired) electrons. The van der Waals surface area contributed by atoms with Crippen molar-refractivity contribution in [3.63, 3.8) is 0 Å². The fourth-order valence-electron chi connectivity index (χ4n) is 1.86. The van der Waals surface area contributed by atoms with E-state index >= 15 is 0 Å². The highest BCUT2D eigenvalue weighted by Gasteiger charge is 2.15. The molecule has 112 valence electrons. The van der Waals surface area contributed by atoms with E-state index in [1.165, 1.54) is 0 Å². The van der Waals surface area contributed by atoms with Crippen LogP contribution in [-0.2, 0) is 0 Å². The van der Waals surface area contributed by atoms with E-state index in [0.29, 0.717) is 17.9 Å². The molecule has 0 aliphatic heterocycles. The predicted molar refractivity (Wildman–Crippen MR) is 83.5 cm³/mol. The maximum atomic E-state index is 12.3. The van der Waals surface area contributed by atoms with Crippen molar-refractivity contribution in [1.29, 1.82) is 0 Å². The molecule has 0 unspecified atom stereocenters. The molecule has 0 saturated carbocycles. The smallest absolute Gasteiger partial charge is 0.274 e.